The first-order chi connectivity index (χ1) is 17.2. The number of nitrogens with one attached hydrogen (secondary N) is 1. The zero-order valence-corrected chi connectivity index (χ0v) is 20.1. The van der Waals surface area contributed by atoms with Gasteiger partial charge in [-0.1, -0.05) is 54.6 Å². The minimum atomic E-state index is 0.334. The van der Waals surface area contributed by atoms with Crippen molar-refractivity contribution in [2.75, 3.05) is 12.4 Å². The Morgan fingerprint density at radius 1 is 1.00 bits per heavy atom. The summed E-state index contributed by atoms with van der Waals surface area (Å²) in [7, 11) is 1.51. The molecule has 1 aliphatic rings. The Kier molecular flexibility index (Phi) is 7.32. The molecule has 0 unspecified atom stereocenters. The Morgan fingerprint density at radius 2 is 1.74 bits per heavy atom. The fourth-order valence-electron chi connectivity index (χ4n) is 4.66. The molecule has 3 N–H and O–H groups in total. The van der Waals surface area contributed by atoms with Crippen molar-refractivity contribution in [3.63, 3.8) is 0 Å². The number of hydrogen-bond donors (Lipinski definition) is 2. The Labute approximate surface area is 205 Å². The van der Waals surface area contributed by atoms with Crippen LogP contribution in [-0.2, 0) is 29.5 Å². The average Bonchev–Trinajstić information content (AvgIpc) is 3.26. The second-order valence-corrected chi connectivity index (χ2v) is 9.21. The largest absolute Gasteiger partial charge is 0.350 e. The van der Waals surface area contributed by atoms with Crippen LogP contribution >= 0.6 is 0 Å². The lowest BCUT2D eigenvalue weighted by atomic mass is 9.86. The summed E-state index contributed by atoms with van der Waals surface area (Å²) in [5, 5.41) is 9.33. The van der Waals surface area contributed by atoms with Crippen LogP contribution in [0.4, 0.5) is 5.95 Å². The summed E-state index contributed by atoms with van der Waals surface area (Å²) in [6.07, 6.45) is 6.30. The van der Waals surface area contributed by atoms with E-state index in [0.29, 0.717) is 31.1 Å². The summed E-state index contributed by atoms with van der Waals surface area (Å²) >= 11 is 0. The Hall–Kier alpha value is -3.33. The molecule has 0 spiro atoms. The topological polar surface area (TPSA) is 100 Å². The fraction of sp³-hybridized carbons (Fsp3) is 0.370. The van der Waals surface area contributed by atoms with Crippen LogP contribution in [0.3, 0.4) is 0 Å². The van der Waals surface area contributed by atoms with Crippen molar-refractivity contribution in [3.05, 3.63) is 71.9 Å². The van der Waals surface area contributed by atoms with E-state index in [1.54, 1.807) is 0 Å². The maximum absolute atomic E-state index is 6.13. The van der Waals surface area contributed by atoms with Crippen LogP contribution in [0.5, 0.6) is 0 Å². The first kappa shape index (κ1) is 23.4. The maximum atomic E-state index is 6.13. The normalized spacial score (nSPS) is 18.1. The van der Waals surface area contributed by atoms with E-state index < -0.39 is 0 Å². The van der Waals surface area contributed by atoms with Crippen molar-refractivity contribution < 1.29 is 9.78 Å². The zero-order chi connectivity index (χ0) is 24.0. The molecule has 0 radical (unpaired) electrons. The van der Waals surface area contributed by atoms with Gasteiger partial charge >= 0.3 is 0 Å². The molecule has 8 nitrogen and oxygen atoms in total. The highest BCUT2D eigenvalue weighted by Crippen LogP contribution is 2.30. The van der Waals surface area contributed by atoms with Gasteiger partial charge in [0.25, 0.3) is 0 Å². The highest BCUT2D eigenvalue weighted by Gasteiger charge is 2.22. The van der Waals surface area contributed by atoms with E-state index in [4.69, 9.17) is 20.7 Å². The highest BCUT2D eigenvalue weighted by atomic mass is 17.2. The monoisotopic (exact) mass is 472 g/mol. The lowest BCUT2D eigenvalue weighted by Crippen LogP contribution is -2.28. The number of fused-ring (bicyclic) bond motifs is 1. The molecule has 1 aliphatic carbocycles. The number of rotatable bonds is 9. The van der Waals surface area contributed by atoms with Gasteiger partial charge in [-0.25, -0.2) is 19.4 Å². The fourth-order valence-corrected chi connectivity index (χ4v) is 4.66. The summed E-state index contributed by atoms with van der Waals surface area (Å²) in [4.78, 5) is 19.2. The van der Waals surface area contributed by atoms with Crippen LogP contribution in [0.2, 0.25) is 0 Å². The van der Waals surface area contributed by atoms with Crippen LogP contribution in [0.1, 0.15) is 36.8 Å². The van der Waals surface area contributed by atoms with Crippen LogP contribution in [0.15, 0.2) is 60.8 Å². The second-order valence-electron chi connectivity index (χ2n) is 9.21. The molecule has 0 amide bonds. The summed E-state index contributed by atoms with van der Waals surface area (Å²) < 4.78 is 2.07. The molecule has 35 heavy (non-hydrogen) atoms. The molecule has 4 aromatic rings. The third-order valence-corrected chi connectivity index (χ3v) is 6.68. The molecule has 8 heteroatoms. The van der Waals surface area contributed by atoms with Crippen molar-refractivity contribution in [1.29, 1.82) is 0 Å². The lowest BCUT2D eigenvalue weighted by Gasteiger charge is -2.25. The van der Waals surface area contributed by atoms with E-state index in [-0.39, 0.29) is 0 Å². The quantitative estimate of drug-likeness (QED) is 0.269. The van der Waals surface area contributed by atoms with E-state index in [2.05, 4.69) is 44.1 Å². The molecule has 182 valence electrons. The molecule has 1 fully saturated rings. The molecule has 2 aromatic heterocycles. The molecule has 0 saturated heterocycles. The van der Waals surface area contributed by atoms with Gasteiger partial charge in [-0.2, -0.15) is 10.1 Å². The van der Waals surface area contributed by atoms with Crippen molar-refractivity contribution in [1.82, 2.24) is 19.7 Å². The summed E-state index contributed by atoms with van der Waals surface area (Å²) in [5.41, 5.74) is 11.2. The molecular formula is C27H32N6O2. The van der Waals surface area contributed by atoms with Gasteiger partial charge in [0, 0.05) is 30.9 Å². The van der Waals surface area contributed by atoms with E-state index >= 15 is 0 Å². The van der Waals surface area contributed by atoms with Crippen LogP contribution in [0.25, 0.3) is 22.3 Å². The van der Waals surface area contributed by atoms with Crippen LogP contribution < -0.4 is 11.1 Å². The minimum Gasteiger partial charge on any atom is -0.350 e. The van der Waals surface area contributed by atoms with Crippen molar-refractivity contribution in [2.24, 2.45) is 11.7 Å². The number of nitrogens with two attached hydrogens (primary N) is 1. The molecule has 0 atom stereocenters. The first-order valence-corrected chi connectivity index (χ1v) is 12.2. The van der Waals surface area contributed by atoms with Gasteiger partial charge in [0.05, 0.1) is 12.5 Å². The first-order valence-electron chi connectivity index (χ1n) is 12.2. The number of nitrogens with zero attached hydrogens (tertiary/aromatic N) is 4. The van der Waals surface area contributed by atoms with Crippen LogP contribution in [-0.4, -0.2) is 32.9 Å². The number of benzene rings is 2. The van der Waals surface area contributed by atoms with E-state index in [0.717, 1.165) is 65.6 Å². The predicted octanol–water partition coefficient (Wildman–Crippen LogP) is 4.70. The molecule has 2 aromatic carbocycles. The number of aromatic nitrogens is 4. The molecule has 0 aliphatic heterocycles. The maximum Gasteiger partial charge on any atom is 0.224 e. The zero-order valence-electron chi connectivity index (χ0n) is 20.1. The van der Waals surface area contributed by atoms with Gasteiger partial charge in [-0.3, -0.25) is 0 Å². The number of anilines is 1. The number of hydrogen-bond acceptors (Lipinski definition) is 7. The SMILES string of the molecule is COOCc1ccc(CNc2ncc3c(-c4ccccc4)nn(CC4CCC(N)CC4)c3n2)cc1. The molecule has 1 saturated carbocycles. The standard InChI is InChI=1S/C27H32N6O2/c1-34-35-18-21-9-7-19(8-10-21)15-29-27-30-16-24-25(22-5-3-2-4-6-22)32-33(26(24)31-27)17-20-11-13-23(28)14-12-20/h2-10,16,20,23H,11-15,17-18,28H2,1H3,(H,29,30,31). The molecule has 2 heterocycles. The third-order valence-electron chi connectivity index (χ3n) is 6.68. The highest BCUT2D eigenvalue weighted by molar-refractivity contribution is 5.91. The third kappa shape index (κ3) is 5.67. The van der Waals surface area contributed by atoms with Gasteiger partial charge in [-0.15, -0.1) is 0 Å². The van der Waals surface area contributed by atoms with Gasteiger partial charge < -0.3 is 11.1 Å². The summed E-state index contributed by atoms with van der Waals surface area (Å²) in [6.45, 7) is 1.89. The Morgan fingerprint density at radius 3 is 2.49 bits per heavy atom. The Bertz CT molecular complexity index is 1230. The molecular weight excluding hydrogens is 440 g/mol. The minimum absolute atomic E-state index is 0.334. The lowest BCUT2D eigenvalue weighted by molar-refractivity contribution is -0.282. The summed E-state index contributed by atoms with van der Waals surface area (Å²) in [6, 6.07) is 18.8. The molecule has 0 bridgehead atoms. The van der Waals surface area contributed by atoms with E-state index in [1.165, 1.54) is 7.11 Å². The average molecular weight is 473 g/mol. The van der Waals surface area contributed by atoms with Gasteiger partial charge in [0.15, 0.2) is 5.65 Å². The Balaban J connectivity index is 1.38. The predicted molar refractivity (Wildman–Crippen MR) is 136 cm³/mol. The smallest absolute Gasteiger partial charge is 0.224 e. The summed E-state index contributed by atoms with van der Waals surface area (Å²) in [5.74, 6) is 1.16. The van der Waals surface area contributed by atoms with E-state index in [1.807, 2.05) is 36.5 Å². The van der Waals surface area contributed by atoms with Gasteiger partial charge in [0.2, 0.25) is 5.95 Å². The van der Waals surface area contributed by atoms with Gasteiger partial charge in [0.1, 0.15) is 12.3 Å². The van der Waals surface area contributed by atoms with Gasteiger partial charge in [-0.05, 0) is 42.7 Å². The molecule has 5 rings (SSSR count). The van der Waals surface area contributed by atoms with Crippen molar-refractivity contribution in [3.8, 4) is 11.3 Å². The van der Waals surface area contributed by atoms with Crippen LogP contribution in [0, 0.1) is 5.92 Å². The second kappa shape index (κ2) is 10.9. The van der Waals surface area contributed by atoms with E-state index in [9.17, 15) is 0 Å². The van der Waals surface area contributed by atoms with Crippen molar-refractivity contribution >= 4 is 17.0 Å². The van der Waals surface area contributed by atoms with Crippen molar-refractivity contribution in [2.45, 2.75) is 51.4 Å².